The molecule has 12 heavy (non-hydrogen) atoms. The Morgan fingerprint density at radius 1 is 1.58 bits per heavy atom. The van der Waals surface area contributed by atoms with E-state index in [0.29, 0.717) is 0 Å². The lowest BCUT2D eigenvalue weighted by molar-refractivity contribution is 0.569. The van der Waals surface area contributed by atoms with Gasteiger partial charge in [0.05, 0.1) is 0 Å². The van der Waals surface area contributed by atoms with Crippen molar-refractivity contribution in [1.29, 1.82) is 0 Å². The van der Waals surface area contributed by atoms with E-state index in [1.54, 1.807) is 0 Å². The van der Waals surface area contributed by atoms with E-state index in [-0.39, 0.29) is 0 Å². The number of aromatic nitrogens is 2. The molecule has 0 N–H and O–H groups in total. The number of hydrogen-bond acceptors (Lipinski definition) is 1. The third-order valence-corrected chi connectivity index (χ3v) is 3.40. The van der Waals surface area contributed by atoms with Gasteiger partial charge >= 0.3 is 0 Å². The van der Waals surface area contributed by atoms with Crippen molar-refractivity contribution < 1.29 is 0 Å². The van der Waals surface area contributed by atoms with Gasteiger partial charge in [0.15, 0.2) is 0 Å². The van der Waals surface area contributed by atoms with Crippen LogP contribution in [-0.2, 0) is 11.0 Å². The van der Waals surface area contributed by atoms with Crippen LogP contribution in [-0.4, -0.2) is 9.78 Å². The van der Waals surface area contributed by atoms with Gasteiger partial charge in [-0.3, -0.25) is 4.68 Å². The van der Waals surface area contributed by atoms with Crippen LogP contribution in [0.4, 0.5) is 0 Å². The van der Waals surface area contributed by atoms with Gasteiger partial charge < -0.3 is 0 Å². The maximum absolute atomic E-state index is 4.42. The lowest BCUT2D eigenvalue weighted by Crippen LogP contribution is -1.97. The first kappa shape index (κ1) is 10.7. The highest BCUT2D eigenvalue weighted by molar-refractivity contribution is 14.1. The minimum absolute atomic E-state index is 1.06. The van der Waals surface area contributed by atoms with Crippen LogP contribution in [0.5, 0.6) is 0 Å². The highest BCUT2D eigenvalue weighted by Gasteiger charge is 2.03. The topological polar surface area (TPSA) is 17.8 Å². The Morgan fingerprint density at radius 2 is 2.33 bits per heavy atom. The fourth-order valence-corrected chi connectivity index (χ4v) is 2.86. The molecule has 1 heterocycles. The van der Waals surface area contributed by atoms with E-state index in [2.05, 4.69) is 68.1 Å². The van der Waals surface area contributed by atoms with Crippen molar-refractivity contribution in [3.8, 4) is 0 Å². The summed E-state index contributed by atoms with van der Waals surface area (Å²) >= 11 is 4.67. The van der Waals surface area contributed by atoms with Crippen molar-refractivity contribution in [3.63, 3.8) is 0 Å². The Hall–Kier alpha value is 0.670. The minimum atomic E-state index is 1.06. The molecular formula is C8H12I2N2. The summed E-state index contributed by atoms with van der Waals surface area (Å²) in [5.41, 5.74) is 1.35. The average Bonchev–Trinajstić information content (AvgIpc) is 2.43. The molecule has 1 aromatic rings. The predicted octanol–water partition coefficient (Wildman–Crippen LogP) is 3.22. The van der Waals surface area contributed by atoms with Gasteiger partial charge in [0.1, 0.15) is 3.70 Å². The van der Waals surface area contributed by atoms with Crippen LogP contribution >= 0.6 is 45.2 Å². The van der Waals surface area contributed by atoms with Crippen molar-refractivity contribution in [2.24, 2.45) is 0 Å². The second-order valence-corrected chi connectivity index (χ2v) is 4.48. The van der Waals surface area contributed by atoms with Crippen molar-refractivity contribution in [1.82, 2.24) is 9.78 Å². The van der Waals surface area contributed by atoms with E-state index in [0.717, 1.165) is 14.7 Å². The summed E-state index contributed by atoms with van der Waals surface area (Å²) < 4.78 is 4.26. The number of unbranched alkanes of at least 4 members (excludes halogenated alkanes) is 1. The lowest BCUT2D eigenvalue weighted by atomic mass is 10.3. The zero-order chi connectivity index (χ0) is 8.97. The summed E-state index contributed by atoms with van der Waals surface area (Å²) in [6.07, 6.45) is 4.61. The Morgan fingerprint density at radius 3 is 2.83 bits per heavy atom. The molecule has 0 radical (unpaired) electrons. The third-order valence-electron chi connectivity index (χ3n) is 1.67. The smallest absolute Gasteiger partial charge is 0.127 e. The van der Waals surface area contributed by atoms with Crippen molar-refractivity contribution in [3.05, 3.63) is 15.5 Å². The Labute approximate surface area is 100 Å². The second kappa shape index (κ2) is 5.41. The van der Waals surface area contributed by atoms with Gasteiger partial charge in [-0.05, 0) is 29.0 Å². The first-order valence-corrected chi connectivity index (χ1v) is 6.66. The molecule has 0 atom stereocenters. The van der Waals surface area contributed by atoms with Gasteiger partial charge in [-0.2, -0.15) is 5.10 Å². The molecule has 2 nitrogen and oxygen atoms in total. The minimum Gasteiger partial charge on any atom is -0.271 e. The van der Waals surface area contributed by atoms with Crippen LogP contribution in [0.2, 0.25) is 0 Å². The van der Waals surface area contributed by atoms with Gasteiger partial charge in [-0.15, -0.1) is 0 Å². The Kier molecular flexibility index (Phi) is 4.85. The van der Waals surface area contributed by atoms with E-state index in [1.807, 2.05) is 0 Å². The van der Waals surface area contributed by atoms with Crippen LogP contribution in [0.15, 0.2) is 6.20 Å². The number of rotatable bonds is 4. The molecule has 0 saturated heterocycles. The largest absolute Gasteiger partial charge is 0.271 e. The molecule has 68 valence electrons. The van der Waals surface area contributed by atoms with Crippen LogP contribution in [0.25, 0.3) is 0 Å². The summed E-state index contributed by atoms with van der Waals surface area (Å²) in [6.45, 7) is 3.26. The zero-order valence-corrected chi connectivity index (χ0v) is 11.4. The van der Waals surface area contributed by atoms with Gasteiger partial charge in [-0.25, -0.2) is 0 Å². The molecule has 0 aliphatic carbocycles. The van der Waals surface area contributed by atoms with Crippen LogP contribution in [0, 0.1) is 3.70 Å². The summed E-state index contributed by atoms with van der Waals surface area (Å²) in [6, 6.07) is 0. The number of halogens is 2. The molecule has 0 unspecified atom stereocenters. The van der Waals surface area contributed by atoms with E-state index >= 15 is 0 Å². The number of hydrogen-bond donors (Lipinski definition) is 0. The first-order valence-electron chi connectivity index (χ1n) is 4.05. The molecule has 0 amide bonds. The molecule has 0 aliphatic heterocycles. The van der Waals surface area contributed by atoms with E-state index in [4.69, 9.17) is 0 Å². The highest BCUT2D eigenvalue weighted by atomic mass is 127. The maximum atomic E-state index is 4.42. The number of aryl methyl sites for hydroxylation is 1. The van der Waals surface area contributed by atoms with E-state index in [9.17, 15) is 0 Å². The zero-order valence-electron chi connectivity index (χ0n) is 7.06. The van der Waals surface area contributed by atoms with Gasteiger partial charge in [0.2, 0.25) is 0 Å². The standard InChI is InChI=1S/C8H12I2N2/c1-2-3-4-12-6-7(5-9)8(10)11-12/h6H,2-5H2,1H3. The van der Waals surface area contributed by atoms with Crippen molar-refractivity contribution in [2.75, 3.05) is 0 Å². The quantitative estimate of drug-likeness (QED) is 0.571. The molecule has 4 heteroatoms. The van der Waals surface area contributed by atoms with Crippen LogP contribution in [0.1, 0.15) is 25.3 Å². The van der Waals surface area contributed by atoms with Gasteiger partial charge in [0, 0.05) is 22.7 Å². The van der Waals surface area contributed by atoms with Gasteiger partial charge in [0.25, 0.3) is 0 Å². The van der Waals surface area contributed by atoms with Crippen LogP contribution in [0.3, 0.4) is 0 Å². The molecule has 0 bridgehead atoms. The molecule has 1 rings (SSSR count). The molecule has 0 aromatic carbocycles. The fraction of sp³-hybridized carbons (Fsp3) is 0.625. The van der Waals surface area contributed by atoms with E-state index < -0.39 is 0 Å². The maximum Gasteiger partial charge on any atom is 0.127 e. The summed E-state index contributed by atoms with van der Waals surface area (Å²) in [4.78, 5) is 0. The summed E-state index contributed by atoms with van der Waals surface area (Å²) in [7, 11) is 0. The molecule has 0 aliphatic rings. The van der Waals surface area contributed by atoms with Crippen LogP contribution < -0.4 is 0 Å². The SMILES string of the molecule is CCCCn1cc(CI)c(I)n1. The number of nitrogens with zero attached hydrogens (tertiary/aromatic N) is 2. The monoisotopic (exact) mass is 390 g/mol. The third kappa shape index (κ3) is 2.86. The number of alkyl halides is 1. The average molecular weight is 390 g/mol. The molecular weight excluding hydrogens is 378 g/mol. The molecule has 1 aromatic heterocycles. The second-order valence-electron chi connectivity index (χ2n) is 2.70. The Bertz CT molecular complexity index is 245. The van der Waals surface area contributed by atoms with Crippen molar-refractivity contribution in [2.45, 2.75) is 30.7 Å². The summed E-state index contributed by atoms with van der Waals surface area (Å²) in [5, 5.41) is 4.42. The molecule has 0 saturated carbocycles. The van der Waals surface area contributed by atoms with E-state index in [1.165, 1.54) is 18.4 Å². The lowest BCUT2D eigenvalue weighted by Gasteiger charge is -1.96. The predicted molar refractivity (Wildman–Crippen MR) is 67.6 cm³/mol. The normalized spacial score (nSPS) is 10.6. The fourth-order valence-electron chi connectivity index (χ4n) is 0.963. The highest BCUT2D eigenvalue weighted by Crippen LogP contribution is 2.13. The molecule has 0 fully saturated rings. The Balaban J connectivity index is 2.62. The van der Waals surface area contributed by atoms with Crippen molar-refractivity contribution >= 4 is 45.2 Å². The molecule has 0 spiro atoms. The van der Waals surface area contributed by atoms with Gasteiger partial charge in [-0.1, -0.05) is 35.9 Å². The first-order chi connectivity index (χ1) is 5.77. The summed E-state index contributed by atoms with van der Waals surface area (Å²) in [5.74, 6) is 0.